The molecule has 2 unspecified atom stereocenters. The van der Waals surface area contributed by atoms with Gasteiger partial charge in [0, 0.05) is 10.6 Å². The van der Waals surface area contributed by atoms with Crippen LogP contribution in [0.2, 0.25) is 0 Å². The van der Waals surface area contributed by atoms with Crippen molar-refractivity contribution in [3.8, 4) is 0 Å². The van der Waals surface area contributed by atoms with Gasteiger partial charge in [-0.1, -0.05) is 36.9 Å². The van der Waals surface area contributed by atoms with Crippen molar-refractivity contribution in [2.45, 2.75) is 19.6 Å². The van der Waals surface area contributed by atoms with Gasteiger partial charge < -0.3 is 15.4 Å². The first-order valence-electron chi connectivity index (χ1n) is 7.57. The molecule has 0 radical (unpaired) electrons. The molecule has 0 amide bonds. The van der Waals surface area contributed by atoms with Gasteiger partial charge >= 0.3 is 5.97 Å². The number of thiophene rings is 1. The number of rotatable bonds is 4. The Morgan fingerprint density at radius 3 is 2.75 bits per heavy atom. The Bertz CT molecular complexity index is 770. The van der Waals surface area contributed by atoms with Crippen LogP contribution in [0.1, 0.15) is 22.0 Å². The topological polar surface area (TPSA) is 50.4 Å². The number of carbonyl (C=O) groups is 1. The number of benzene rings is 1. The number of esters is 1. The summed E-state index contributed by atoms with van der Waals surface area (Å²) < 4.78 is 5.52. The van der Waals surface area contributed by atoms with Crippen molar-refractivity contribution < 1.29 is 9.53 Å². The van der Waals surface area contributed by atoms with Crippen LogP contribution in [0, 0.1) is 12.8 Å². The number of aryl methyl sites for hydroxylation is 1. The van der Waals surface area contributed by atoms with Crippen molar-refractivity contribution >= 4 is 34.6 Å². The van der Waals surface area contributed by atoms with E-state index in [-0.39, 0.29) is 18.6 Å². The Balaban J connectivity index is 1.79. The van der Waals surface area contributed by atoms with Crippen molar-refractivity contribution in [1.82, 2.24) is 10.6 Å². The maximum Gasteiger partial charge on any atom is 0.317 e. The normalized spacial score (nSPS) is 20.2. The van der Waals surface area contributed by atoms with Crippen LogP contribution in [0.3, 0.4) is 0 Å². The summed E-state index contributed by atoms with van der Waals surface area (Å²) in [5.74, 6) is -0.845. The highest BCUT2D eigenvalue weighted by molar-refractivity contribution is 7.80. The minimum Gasteiger partial charge on any atom is -0.460 e. The number of carbonyl (C=O) groups excluding carboxylic acids is 1. The third-order valence-electron chi connectivity index (χ3n) is 3.93. The summed E-state index contributed by atoms with van der Waals surface area (Å²) in [6, 6.07) is 11.4. The van der Waals surface area contributed by atoms with E-state index in [1.54, 1.807) is 11.3 Å². The predicted octanol–water partition coefficient (Wildman–Crippen LogP) is 3.45. The Labute approximate surface area is 150 Å². The molecule has 2 aromatic rings. The average Bonchev–Trinajstić information content (AvgIpc) is 2.99. The molecule has 6 heteroatoms. The summed E-state index contributed by atoms with van der Waals surface area (Å²) in [6.45, 7) is 6.24. The van der Waals surface area contributed by atoms with E-state index < -0.39 is 5.92 Å². The van der Waals surface area contributed by atoms with E-state index >= 15 is 0 Å². The van der Waals surface area contributed by atoms with Crippen LogP contribution in [-0.2, 0) is 16.1 Å². The monoisotopic (exact) mass is 358 g/mol. The molecule has 1 aromatic heterocycles. The smallest absolute Gasteiger partial charge is 0.317 e. The number of hydrogen-bond donors (Lipinski definition) is 2. The fraction of sp³-hybridized carbons (Fsp3) is 0.222. The first kappa shape index (κ1) is 16.7. The van der Waals surface area contributed by atoms with Crippen LogP contribution >= 0.6 is 23.6 Å². The second-order valence-electron chi connectivity index (χ2n) is 5.64. The largest absolute Gasteiger partial charge is 0.460 e. The van der Waals surface area contributed by atoms with E-state index in [1.807, 2.05) is 48.7 Å². The van der Waals surface area contributed by atoms with E-state index in [4.69, 9.17) is 17.0 Å². The van der Waals surface area contributed by atoms with Crippen molar-refractivity contribution in [3.05, 3.63) is 70.1 Å². The van der Waals surface area contributed by atoms with E-state index in [0.29, 0.717) is 10.8 Å². The molecule has 3 rings (SSSR count). The van der Waals surface area contributed by atoms with Crippen LogP contribution in [0.15, 0.2) is 54.1 Å². The molecule has 2 atom stereocenters. The summed E-state index contributed by atoms with van der Waals surface area (Å²) in [6.07, 6.45) is 0. The average molecular weight is 358 g/mol. The van der Waals surface area contributed by atoms with Crippen molar-refractivity contribution in [2.24, 2.45) is 5.92 Å². The van der Waals surface area contributed by atoms with Gasteiger partial charge in [-0.3, -0.25) is 4.79 Å². The second kappa shape index (κ2) is 7.15. The van der Waals surface area contributed by atoms with Crippen molar-refractivity contribution in [2.75, 3.05) is 0 Å². The van der Waals surface area contributed by atoms with E-state index in [1.165, 1.54) is 0 Å². The molecule has 2 heterocycles. The summed E-state index contributed by atoms with van der Waals surface area (Å²) in [4.78, 5) is 13.8. The Morgan fingerprint density at radius 1 is 1.33 bits per heavy atom. The van der Waals surface area contributed by atoms with Crippen molar-refractivity contribution in [3.63, 3.8) is 0 Å². The molecule has 0 saturated carbocycles. The summed E-state index contributed by atoms with van der Waals surface area (Å²) >= 11 is 6.82. The van der Waals surface area contributed by atoms with Gasteiger partial charge in [0.15, 0.2) is 5.11 Å². The fourth-order valence-corrected chi connectivity index (χ4v) is 3.97. The first-order valence-corrected chi connectivity index (χ1v) is 8.86. The Kier molecular flexibility index (Phi) is 4.97. The predicted molar refractivity (Wildman–Crippen MR) is 99.5 cm³/mol. The minimum absolute atomic E-state index is 0.240. The molecule has 1 aliphatic rings. The molecule has 0 bridgehead atoms. The van der Waals surface area contributed by atoms with Crippen LogP contribution in [0.4, 0.5) is 0 Å². The molecule has 1 aliphatic heterocycles. The van der Waals surface area contributed by atoms with E-state index in [0.717, 1.165) is 16.0 Å². The summed E-state index contributed by atoms with van der Waals surface area (Å²) in [7, 11) is 0. The van der Waals surface area contributed by atoms with Gasteiger partial charge in [0.25, 0.3) is 0 Å². The zero-order valence-corrected chi connectivity index (χ0v) is 14.9. The van der Waals surface area contributed by atoms with Gasteiger partial charge in [0.2, 0.25) is 0 Å². The molecule has 1 saturated heterocycles. The molecule has 124 valence electrons. The lowest BCUT2D eigenvalue weighted by Crippen LogP contribution is -2.50. The molecule has 1 fully saturated rings. The standard InChI is InChI=1S/C18H18N2O2S2/c1-11-8-9-24-16(11)15-14(12(2)19-18(23)20-15)17(21)22-10-13-6-4-3-5-7-13/h3-9,14-15H,2,10H2,1H3,(H2,19,20,23). The van der Waals surface area contributed by atoms with Crippen LogP contribution in [-0.4, -0.2) is 11.1 Å². The minimum atomic E-state index is -0.530. The lowest BCUT2D eigenvalue weighted by molar-refractivity contribution is -0.149. The number of thiocarbonyl (C=S) groups is 1. The Hall–Kier alpha value is -2.18. The molecular formula is C18H18N2O2S2. The fourth-order valence-electron chi connectivity index (χ4n) is 2.70. The number of nitrogens with one attached hydrogen (secondary N) is 2. The lowest BCUT2D eigenvalue weighted by atomic mass is 9.92. The van der Waals surface area contributed by atoms with Crippen LogP contribution in [0.5, 0.6) is 0 Å². The van der Waals surface area contributed by atoms with Gasteiger partial charge in [0.1, 0.15) is 12.5 Å². The first-order chi connectivity index (χ1) is 11.6. The van der Waals surface area contributed by atoms with E-state index in [9.17, 15) is 4.79 Å². The molecule has 2 N–H and O–H groups in total. The zero-order valence-electron chi connectivity index (χ0n) is 13.2. The Morgan fingerprint density at radius 2 is 2.08 bits per heavy atom. The molecule has 0 spiro atoms. The summed E-state index contributed by atoms with van der Waals surface area (Å²) in [5.41, 5.74) is 2.64. The second-order valence-corrected chi connectivity index (χ2v) is 7.00. The highest BCUT2D eigenvalue weighted by Crippen LogP contribution is 2.35. The van der Waals surface area contributed by atoms with E-state index in [2.05, 4.69) is 17.2 Å². The maximum absolute atomic E-state index is 12.7. The van der Waals surface area contributed by atoms with Gasteiger partial charge in [0.05, 0.1) is 6.04 Å². The van der Waals surface area contributed by atoms with Gasteiger partial charge in [-0.05, 0) is 41.7 Å². The zero-order chi connectivity index (χ0) is 17.1. The van der Waals surface area contributed by atoms with Crippen LogP contribution < -0.4 is 10.6 Å². The van der Waals surface area contributed by atoms with Gasteiger partial charge in [-0.25, -0.2) is 0 Å². The number of ether oxygens (including phenoxy) is 1. The molecule has 0 aliphatic carbocycles. The maximum atomic E-state index is 12.7. The molecule has 24 heavy (non-hydrogen) atoms. The summed E-state index contributed by atoms with van der Waals surface area (Å²) in [5, 5.41) is 8.62. The van der Waals surface area contributed by atoms with Gasteiger partial charge in [-0.15, -0.1) is 11.3 Å². The highest BCUT2D eigenvalue weighted by atomic mass is 32.1. The SMILES string of the molecule is C=C1NC(=S)NC(c2sccc2C)C1C(=O)OCc1ccccc1. The third-order valence-corrected chi connectivity index (χ3v) is 5.25. The molecular weight excluding hydrogens is 340 g/mol. The third kappa shape index (κ3) is 3.49. The lowest BCUT2D eigenvalue weighted by Gasteiger charge is -2.34. The van der Waals surface area contributed by atoms with Crippen LogP contribution in [0.25, 0.3) is 0 Å². The van der Waals surface area contributed by atoms with Crippen molar-refractivity contribution in [1.29, 1.82) is 0 Å². The van der Waals surface area contributed by atoms with Gasteiger partial charge in [-0.2, -0.15) is 0 Å². The molecule has 1 aromatic carbocycles. The quantitative estimate of drug-likeness (QED) is 0.648. The molecule has 4 nitrogen and oxygen atoms in total. The highest BCUT2D eigenvalue weighted by Gasteiger charge is 2.39. The number of hydrogen-bond acceptors (Lipinski definition) is 4.